The highest BCUT2D eigenvalue weighted by atomic mass is 16.1. The quantitative estimate of drug-likeness (QED) is 0.728. The van der Waals surface area contributed by atoms with E-state index in [0.29, 0.717) is 17.9 Å². The van der Waals surface area contributed by atoms with Crippen LogP contribution in [0.1, 0.15) is 30.6 Å². The van der Waals surface area contributed by atoms with E-state index in [0.717, 1.165) is 0 Å². The van der Waals surface area contributed by atoms with E-state index in [9.17, 15) is 4.79 Å². The van der Waals surface area contributed by atoms with Crippen molar-refractivity contribution in [2.24, 2.45) is 18.7 Å². The van der Waals surface area contributed by atoms with Crippen LogP contribution < -0.4 is 5.73 Å². The summed E-state index contributed by atoms with van der Waals surface area (Å²) in [6.45, 7) is 4.10. The standard InChI is InChI=1S/C10H17N3O/c1-7(2)4-9(11)10(14)8-5-12-13(3)6-8/h5-7,9H,4,11H2,1-3H3. The van der Waals surface area contributed by atoms with E-state index in [1.807, 2.05) is 0 Å². The van der Waals surface area contributed by atoms with Gasteiger partial charge >= 0.3 is 0 Å². The molecule has 1 heterocycles. The minimum Gasteiger partial charge on any atom is -0.321 e. The normalized spacial score (nSPS) is 13.2. The minimum atomic E-state index is -0.404. The molecule has 0 radical (unpaired) electrons. The number of carbonyl (C=O) groups excluding carboxylic acids is 1. The van der Waals surface area contributed by atoms with E-state index in [1.165, 1.54) is 0 Å². The molecule has 0 amide bonds. The first-order chi connectivity index (χ1) is 6.50. The van der Waals surface area contributed by atoms with Crippen molar-refractivity contribution in [1.29, 1.82) is 0 Å². The van der Waals surface area contributed by atoms with Crippen molar-refractivity contribution in [1.82, 2.24) is 9.78 Å². The van der Waals surface area contributed by atoms with Crippen molar-refractivity contribution in [3.05, 3.63) is 18.0 Å². The Morgan fingerprint density at radius 3 is 2.71 bits per heavy atom. The number of nitrogens with two attached hydrogens (primary N) is 1. The van der Waals surface area contributed by atoms with Crippen molar-refractivity contribution in [2.75, 3.05) is 0 Å². The Morgan fingerprint density at radius 2 is 2.29 bits per heavy atom. The summed E-state index contributed by atoms with van der Waals surface area (Å²) in [6.07, 6.45) is 3.97. The largest absolute Gasteiger partial charge is 0.321 e. The number of carbonyl (C=O) groups is 1. The zero-order chi connectivity index (χ0) is 10.7. The molecule has 0 spiro atoms. The van der Waals surface area contributed by atoms with Crippen LogP contribution in [0, 0.1) is 5.92 Å². The van der Waals surface area contributed by atoms with Crippen LogP contribution in [0.25, 0.3) is 0 Å². The van der Waals surface area contributed by atoms with E-state index in [4.69, 9.17) is 5.73 Å². The van der Waals surface area contributed by atoms with Gasteiger partial charge in [0, 0.05) is 13.2 Å². The van der Waals surface area contributed by atoms with Gasteiger partial charge in [0.25, 0.3) is 0 Å². The molecule has 0 saturated heterocycles. The fraction of sp³-hybridized carbons (Fsp3) is 0.600. The lowest BCUT2D eigenvalue weighted by atomic mass is 9.98. The maximum absolute atomic E-state index is 11.7. The summed E-state index contributed by atoms with van der Waals surface area (Å²) in [5.41, 5.74) is 6.37. The number of aromatic nitrogens is 2. The molecule has 2 N–H and O–H groups in total. The molecule has 4 heteroatoms. The van der Waals surface area contributed by atoms with Crippen LogP contribution in [0.15, 0.2) is 12.4 Å². The highest BCUT2D eigenvalue weighted by Gasteiger charge is 2.17. The Morgan fingerprint density at radius 1 is 1.64 bits per heavy atom. The van der Waals surface area contributed by atoms with Crippen LogP contribution in [-0.4, -0.2) is 21.6 Å². The number of ketones is 1. The number of hydrogen-bond donors (Lipinski definition) is 1. The van der Waals surface area contributed by atoms with E-state index >= 15 is 0 Å². The maximum atomic E-state index is 11.7. The van der Waals surface area contributed by atoms with Crippen molar-refractivity contribution in [3.8, 4) is 0 Å². The van der Waals surface area contributed by atoms with Gasteiger partial charge < -0.3 is 5.73 Å². The molecule has 1 aromatic rings. The average molecular weight is 195 g/mol. The molecule has 1 rings (SSSR count). The van der Waals surface area contributed by atoms with Gasteiger partial charge in [-0.3, -0.25) is 9.48 Å². The molecule has 0 aliphatic rings. The van der Waals surface area contributed by atoms with Crippen LogP contribution >= 0.6 is 0 Å². The second-order valence-corrected chi connectivity index (χ2v) is 4.00. The van der Waals surface area contributed by atoms with Crippen LogP contribution in [0.3, 0.4) is 0 Å². The Bertz CT molecular complexity index is 317. The summed E-state index contributed by atoms with van der Waals surface area (Å²) in [5.74, 6) is 0.414. The number of hydrogen-bond acceptors (Lipinski definition) is 3. The molecule has 0 bridgehead atoms. The smallest absolute Gasteiger partial charge is 0.182 e. The molecule has 0 saturated carbocycles. The van der Waals surface area contributed by atoms with Gasteiger partial charge in [0.1, 0.15) is 0 Å². The SMILES string of the molecule is CC(C)CC(N)C(=O)c1cnn(C)c1. The number of nitrogens with zero attached hydrogens (tertiary/aromatic N) is 2. The molecule has 0 aliphatic heterocycles. The summed E-state index contributed by atoms with van der Waals surface area (Å²) in [4.78, 5) is 11.7. The lowest BCUT2D eigenvalue weighted by Gasteiger charge is -2.11. The first kappa shape index (κ1) is 10.9. The molecular formula is C10H17N3O. The van der Waals surface area contributed by atoms with Gasteiger partial charge in [-0.25, -0.2) is 0 Å². The van der Waals surface area contributed by atoms with E-state index < -0.39 is 6.04 Å². The Hall–Kier alpha value is -1.16. The molecule has 0 aromatic carbocycles. The number of rotatable bonds is 4. The second kappa shape index (κ2) is 4.37. The van der Waals surface area contributed by atoms with E-state index in [2.05, 4.69) is 18.9 Å². The van der Waals surface area contributed by atoms with Gasteiger partial charge in [-0.2, -0.15) is 5.10 Å². The zero-order valence-electron chi connectivity index (χ0n) is 8.90. The van der Waals surface area contributed by atoms with Gasteiger partial charge in [-0.05, 0) is 12.3 Å². The Labute approximate surface area is 84.1 Å². The predicted octanol–water partition coefficient (Wildman–Crippen LogP) is 0.976. The third kappa shape index (κ3) is 2.67. The highest BCUT2D eigenvalue weighted by Crippen LogP contribution is 2.08. The zero-order valence-corrected chi connectivity index (χ0v) is 8.90. The molecule has 78 valence electrons. The monoisotopic (exact) mass is 195 g/mol. The van der Waals surface area contributed by atoms with Crippen LogP contribution in [-0.2, 0) is 7.05 Å². The number of aryl methyl sites for hydroxylation is 1. The molecule has 1 atom stereocenters. The molecule has 0 aliphatic carbocycles. The predicted molar refractivity (Wildman–Crippen MR) is 55.0 cm³/mol. The summed E-state index contributed by atoms with van der Waals surface area (Å²) < 4.78 is 1.61. The van der Waals surface area contributed by atoms with Crippen LogP contribution in [0.5, 0.6) is 0 Å². The van der Waals surface area contributed by atoms with Crippen LogP contribution in [0.2, 0.25) is 0 Å². The van der Waals surface area contributed by atoms with Gasteiger partial charge in [0.15, 0.2) is 5.78 Å². The molecule has 1 aromatic heterocycles. The summed E-state index contributed by atoms with van der Waals surface area (Å²) in [6, 6.07) is -0.404. The van der Waals surface area contributed by atoms with Crippen molar-refractivity contribution in [3.63, 3.8) is 0 Å². The molecule has 0 fully saturated rings. The third-order valence-corrected chi connectivity index (χ3v) is 2.05. The second-order valence-electron chi connectivity index (χ2n) is 4.00. The van der Waals surface area contributed by atoms with Crippen molar-refractivity contribution < 1.29 is 4.79 Å². The highest BCUT2D eigenvalue weighted by molar-refractivity contribution is 5.99. The summed E-state index contributed by atoms with van der Waals surface area (Å²) >= 11 is 0. The molecule has 4 nitrogen and oxygen atoms in total. The topological polar surface area (TPSA) is 60.9 Å². The van der Waals surface area contributed by atoms with Gasteiger partial charge in [-0.1, -0.05) is 13.8 Å². The van der Waals surface area contributed by atoms with E-state index in [1.54, 1.807) is 24.1 Å². The lowest BCUT2D eigenvalue weighted by molar-refractivity contribution is 0.0951. The molecule has 1 unspecified atom stereocenters. The summed E-state index contributed by atoms with van der Waals surface area (Å²) in [7, 11) is 1.78. The maximum Gasteiger partial charge on any atom is 0.182 e. The Balaban J connectivity index is 2.65. The summed E-state index contributed by atoms with van der Waals surface area (Å²) in [5, 5.41) is 3.94. The fourth-order valence-corrected chi connectivity index (χ4v) is 1.38. The number of Topliss-reactive ketones (excluding diaryl/α,β-unsaturated/α-hetero) is 1. The van der Waals surface area contributed by atoms with E-state index in [-0.39, 0.29) is 5.78 Å². The van der Waals surface area contributed by atoms with Gasteiger partial charge in [-0.15, -0.1) is 0 Å². The van der Waals surface area contributed by atoms with Crippen molar-refractivity contribution >= 4 is 5.78 Å². The molecular weight excluding hydrogens is 178 g/mol. The first-order valence-electron chi connectivity index (χ1n) is 4.79. The third-order valence-electron chi connectivity index (χ3n) is 2.05. The lowest BCUT2D eigenvalue weighted by Crippen LogP contribution is -2.31. The first-order valence-corrected chi connectivity index (χ1v) is 4.79. The van der Waals surface area contributed by atoms with Crippen LogP contribution in [0.4, 0.5) is 0 Å². The fourth-order valence-electron chi connectivity index (χ4n) is 1.38. The Kier molecular flexibility index (Phi) is 3.41. The van der Waals surface area contributed by atoms with Gasteiger partial charge in [0.2, 0.25) is 0 Å². The van der Waals surface area contributed by atoms with Crippen molar-refractivity contribution in [2.45, 2.75) is 26.3 Å². The average Bonchev–Trinajstić information content (AvgIpc) is 2.49. The van der Waals surface area contributed by atoms with Gasteiger partial charge in [0.05, 0.1) is 17.8 Å². The minimum absolute atomic E-state index is 0.0215. The molecule has 14 heavy (non-hydrogen) atoms.